The Kier molecular flexibility index (Phi) is 5.17. The molecular weight excluding hydrogens is 230 g/mol. The van der Waals surface area contributed by atoms with Gasteiger partial charge in [0.2, 0.25) is 0 Å². The highest BCUT2D eigenvalue weighted by Crippen LogP contribution is 2.09. The van der Waals surface area contributed by atoms with Gasteiger partial charge in [-0.15, -0.1) is 0 Å². The monoisotopic (exact) mass is 249 g/mol. The Morgan fingerprint density at radius 3 is 2.44 bits per heavy atom. The second-order valence-electron chi connectivity index (χ2n) is 4.22. The first-order valence-electron chi connectivity index (χ1n) is 5.77. The largest absolute Gasteiger partial charge is 0.467 e. The zero-order valence-corrected chi connectivity index (χ0v) is 10.9. The van der Waals surface area contributed by atoms with E-state index in [9.17, 15) is 4.79 Å². The van der Waals surface area contributed by atoms with Crippen LogP contribution in [0.2, 0.25) is 0 Å². The minimum Gasteiger partial charge on any atom is -0.467 e. The maximum atomic E-state index is 11.5. The summed E-state index contributed by atoms with van der Waals surface area (Å²) < 4.78 is 4.70. The van der Waals surface area contributed by atoms with Gasteiger partial charge in [-0.05, 0) is 18.1 Å². The molecule has 0 aliphatic carbocycles. The number of carbonyl (C=O) groups excluding carboxylic acids is 1. The predicted molar refractivity (Wildman–Crippen MR) is 72.3 cm³/mol. The number of methoxy groups -OCH3 is 1. The van der Waals surface area contributed by atoms with E-state index in [1.807, 2.05) is 44.2 Å². The van der Waals surface area contributed by atoms with Gasteiger partial charge in [0, 0.05) is 5.69 Å². The maximum Gasteiger partial charge on any atom is 0.330 e. The van der Waals surface area contributed by atoms with E-state index in [2.05, 4.69) is 10.3 Å². The van der Waals surface area contributed by atoms with Gasteiger partial charge in [-0.2, -0.15) is 0 Å². The first-order chi connectivity index (χ1) is 8.54. The van der Waals surface area contributed by atoms with E-state index in [1.165, 1.54) is 7.11 Å². The normalized spacial score (nSPS) is 13.2. The molecule has 0 heterocycles. The lowest BCUT2D eigenvalue weighted by atomic mass is 10.1. The van der Waals surface area contributed by atoms with Gasteiger partial charge < -0.3 is 15.8 Å². The van der Waals surface area contributed by atoms with Crippen molar-refractivity contribution in [2.45, 2.75) is 19.9 Å². The SMILES string of the molecule is COC(=O)C(N=C(N)Nc1ccccc1)C(C)C. The number of para-hydroxylation sites is 1. The predicted octanol–water partition coefficient (Wildman–Crippen LogP) is 1.61. The van der Waals surface area contributed by atoms with Crippen molar-refractivity contribution in [1.82, 2.24) is 0 Å². The maximum absolute atomic E-state index is 11.5. The molecule has 98 valence electrons. The number of rotatable bonds is 4. The number of anilines is 1. The van der Waals surface area contributed by atoms with Crippen molar-refractivity contribution in [2.24, 2.45) is 16.6 Å². The zero-order chi connectivity index (χ0) is 13.5. The highest BCUT2D eigenvalue weighted by atomic mass is 16.5. The molecule has 1 rings (SSSR count). The first-order valence-corrected chi connectivity index (χ1v) is 5.77. The van der Waals surface area contributed by atoms with Gasteiger partial charge in [0.15, 0.2) is 12.0 Å². The van der Waals surface area contributed by atoms with Crippen molar-refractivity contribution in [3.05, 3.63) is 30.3 Å². The summed E-state index contributed by atoms with van der Waals surface area (Å²) >= 11 is 0. The van der Waals surface area contributed by atoms with Crippen LogP contribution in [0.4, 0.5) is 5.69 Å². The highest BCUT2D eigenvalue weighted by Gasteiger charge is 2.22. The number of hydrogen-bond acceptors (Lipinski definition) is 3. The molecule has 1 atom stereocenters. The molecule has 1 aromatic carbocycles. The molecule has 0 bridgehead atoms. The summed E-state index contributed by atoms with van der Waals surface area (Å²) in [6.45, 7) is 3.78. The number of nitrogens with two attached hydrogens (primary N) is 1. The van der Waals surface area contributed by atoms with Crippen molar-refractivity contribution >= 4 is 17.6 Å². The third-order valence-corrected chi connectivity index (χ3v) is 2.40. The van der Waals surface area contributed by atoms with Crippen LogP contribution in [0.5, 0.6) is 0 Å². The molecular formula is C13H19N3O2. The number of benzene rings is 1. The molecule has 18 heavy (non-hydrogen) atoms. The average Bonchev–Trinajstić information content (AvgIpc) is 2.36. The molecule has 1 aromatic rings. The van der Waals surface area contributed by atoms with Crippen LogP contribution in [-0.2, 0) is 9.53 Å². The smallest absolute Gasteiger partial charge is 0.330 e. The second kappa shape index (κ2) is 6.64. The van der Waals surface area contributed by atoms with E-state index in [0.717, 1.165) is 5.69 Å². The number of nitrogens with zero attached hydrogens (tertiary/aromatic N) is 1. The molecule has 0 aliphatic rings. The molecule has 0 fully saturated rings. The number of aliphatic imine (C=N–C) groups is 1. The van der Waals surface area contributed by atoms with Gasteiger partial charge in [0.05, 0.1) is 7.11 Å². The van der Waals surface area contributed by atoms with E-state index in [-0.39, 0.29) is 17.8 Å². The van der Waals surface area contributed by atoms with Crippen molar-refractivity contribution < 1.29 is 9.53 Å². The lowest BCUT2D eigenvalue weighted by Crippen LogP contribution is -2.32. The Labute approximate surface area is 107 Å². The Balaban J connectivity index is 2.77. The molecule has 5 nitrogen and oxygen atoms in total. The van der Waals surface area contributed by atoms with Crippen molar-refractivity contribution in [1.29, 1.82) is 0 Å². The molecule has 0 aliphatic heterocycles. The standard InChI is InChI=1S/C13H19N3O2/c1-9(2)11(12(17)18-3)16-13(14)15-10-7-5-4-6-8-10/h4-9,11H,1-3H3,(H3,14,15,16). The molecule has 0 aromatic heterocycles. The minimum atomic E-state index is -0.591. The first kappa shape index (κ1) is 14.0. The molecule has 0 saturated heterocycles. The van der Waals surface area contributed by atoms with Crippen LogP contribution in [0.1, 0.15) is 13.8 Å². The zero-order valence-electron chi connectivity index (χ0n) is 10.9. The fourth-order valence-corrected chi connectivity index (χ4v) is 1.45. The summed E-state index contributed by atoms with van der Waals surface area (Å²) in [4.78, 5) is 15.7. The average molecular weight is 249 g/mol. The third-order valence-electron chi connectivity index (χ3n) is 2.40. The number of hydrogen-bond donors (Lipinski definition) is 2. The molecule has 5 heteroatoms. The van der Waals surface area contributed by atoms with Crippen molar-refractivity contribution in [3.63, 3.8) is 0 Å². The number of nitrogens with one attached hydrogen (secondary N) is 1. The highest BCUT2D eigenvalue weighted by molar-refractivity contribution is 5.94. The Bertz CT molecular complexity index is 416. The van der Waals surface area contributed by atoms with Crippen LogP contribution in [0, 0.1) is 5.92 Å². The van der Waals surface area contributed by atoms with Crippen LogP contribution >= 0.6 is 0 Å². The summed E-state index contributed by atoms with van der Waals surface area (Å²) in [5.41, 5.74) is 6.59. The van der Waals surface area contributed by atoms with E-state index in [4.69, 9.17) is 10.5 Å². The van der Waals surface area contributed by atoms with Gasteiger partial charge >= 0.3 is 5.97 Å². The molecule has 0 spiro atoms. The number of guanidine groups is 1. The lowest BCUT2D eigenvalue weighted by Gasteiger charge is -2.15. The summed E-state index contributed by atoms with van der Waals surface area (Å²) in [5, 5.41) is 2.93. The van der Waals surface area contributed by atoms with Crippen LogP contribution in [-0.4, -0.2) is 25.1 Å². The van der Waals surface area contributed by atoms with E-state index in [0.29, 0.717) is 0 Å². The van der Waals surface area contributed by atoms with E-state index >= 15 is 0 Å². The Hall–Kier alpha value is -2.04. The summed E-state index contributed by atoms with van der Waals surface area (Å²) in [6, 6.07) is 8.82. The Morgan fingerprint density at radius 2 is 1.94 bits per heavy atom. The third kappa shape index (κ3) is 4.08. The van der Waals surface area contributed by atoms with Crippen molar-refractivity contribution in [2.75, 3.05) is 12.4 Å². The Morgan fingerprint density at radius 1 is 1.33 bits per heavy atom. The van der Waals surface area contributed by atoms with Crippen LogP contribution in [0.3, 0.4) is 0 Å². The lowest BCUT2D eigenvalue weighted by molar-refractivity contribution is -0.143. The van der Waals surface area contributed by atoms with E-state index in [1.54, 1.807) is 0 Å². The van der Waals surface area contributed by atoms with Gasteiger partial charge in [-0.1, -0.05) is 32.0 Å². The topological polar surface area (TPSA) is 76.7 Å². The fourth-order valence-electron chi connectivity index (χ4n) is 1.45. The fraction of sp³-hybridized carbons (Fsp3) is 0.385. The summed E-state index contributed by atoms with van der Waals surface area (Å²) in [5.74, 6) is -0.165. The van der Waals surface area contributed by atoms with Crippen LogP contribution in [0.15, 0.2) is 35.3 Å². The van der Waals surface area contributed by atoms with Crippen LogP contribution < -0.4 is 11.1 Å². The second-order valence-corrected chi connectivity index (χ2v) is 4.22. The molecule has 0 saturated carbocycles. The molecule has 0 amide bonds. The quantitative estimate of drug-likeness (QED) is 0.483. The van der Waals surface area contributed by atoms with Gasteiger partial charge in [0.25, 0.3) is 0 Å². The number of ether oxygens (including phenoxy) is 1. The minimum absolute atomic E-state index is 0.0218. The number of esters is 1. The summed E-state index contributed by atoms with van der Waals surface area (Å²) in [7, 11) is 1.34. The van der Waals surface area contributed by atoms with Gasteiger partial charge in [-0.25, -0.2) is 9.79 Å². The summed E-state index contributed by atoms with van der Waals surface area (Å²) in [6.07, 6.45) is 0. The van der Waals surface area contributed by atoms with Gasteiger partial charge in [0.1, 0.15) is 0 Å². The van der Waals surface area contributed by atoms with E-state index < -0.39 is 6.04 Å². The molecule has 0 radical (unpaired) electrons. The van der Waals surface area contributed by atoms with Gasteiger partial charge in [-0.3, -0.25) is 0 Å². The molecule has 3 N–H and O–H groups in total. The van der Waals surface area contributed by atoms with Crippen LogP contribution in [0.25, 0.3) is 0 Å². The number of carbonyl (C=O) groups is 1. The molecule has 1 unspecified atom stereocenters. The van der Waals surface area contributed by atoms with Crippen molar-refractivity contribution in [3.8, 4) is 0 Å².